The number of H-pyrrole nitrogens is 1. The monoisotopic (exact) mass is 586 g/mol. The number of carboxylic acid groups (broad SMARTS) is 2. The summed E-state index contributed by atoms with van der Waals surface area (Å²) in [4.78, 5) is 35.3. The van der Waals surface area contributed by atoms with Gasteiger partial charge in [0.05, 0.1) is 17.5 Å². The quantitative estimate of drug-likeness (QED) is 0.199. The van der Waals surface area contributed by atoms with Crippen molar-refractivity contribution in [3.8, 4) is 28.6 Å². The second-order valence-electron chi connectivity index (χ2n) is 8.51. The molecule has 16 heteroatoms. The van der Waals surface area contributed by atoms with Crippen molar-refractivity contribution in [2.45, 2.75) is 57.3 Å². The van der Waals surface area contributed by atoms with Gasteiger partial charge in [0.25, 0.3) is 0 Å². The number of carboxylic acids is 2. The molecule has 4 heterocycles. The van der Waals surface area contributed by atoms with Crippen LogP contribution in [0.4, 0.5) is 37.8 Å². The zero-order valence-corrected chi connectivity index (χ0v) is 21.6. The molecule has 0 aromatic carbocycles. The Balaban J connectivity index is 0.000000349. The first-order chi connectivity index (χ1) is 19.1. The summed E-state index contributed by atoms with van der Waals surface area (Å²) in [7, 11) is 0. The molecule has 0 fully saturated rings. The molecule has 1 aliphatic rings. The summed E-state index contributed by atoms with van der Waals surface area (Å²) in [6.07, 6.45) is -1.60. The highest BCUT2D eigenvalue weighted by molar-refractivity contribution is 5.94. The van der Waals surface area contributed by atoms with Crippen molar-refractivity contribution in [2.75, 3.05) is 5.32 Å². The molecule has 0 spiro atoms. The number of aromatic nitrogens is 4. The van der Waals surface area contributed by atoms with Crippen molar-refractivity contribution < 1.29 is 46.1 Å². The van der Waals surface area contributed by atoms with Crippen LogP contribution in [0.2, 0.25) is 0 Å². The summed E-state index contributed by atoms with van der Waals surface area (Å²) < 4.78 is 63.5. The van der Waals surface area contributed by atoms with E-state index in [9.17, 15) is 26.3 Å². The van der Waals surface area contributed by atoms with E-state index in [2.05, 4.69) is 40.2 Å². The van der Waals surface area contributed by atoms with Crippen molar-refractivity contribution in [1.82, 2.24) is 19.9 Å². The van der Waals surface area contributed by atoms with Gasteiger partial charge >= 0.3 is 24.3 Å². The molecule has 0 atom stereocenters. The third-order valence-electron chi connectivity index (χ3n) is 6.17. The number of nitrogens with one attached hydrogen (secondary N) is 2. The van der Waals surface area contributed by atoms with Crippen LogP contribution in [0.25, 0.3) is 22.5 Å². The van der Waals surface area contributed by atoms with E-state index < -0.39 is 24.3 Å². The van der Waals surface area contributed by atoms with Gasteiger partial charge in [0.15, 0.2) is 0 Å². The van der Waals surface area contributed by atoms with Gasteiger partial charge in [-0.05, 0) is 37.5 Å². The summed E-state index contributed by atoms with van der Waals surface area (Å²) in [5.74, 6) is -3.78. The highest BCUT2D eigenvalue weighted by atomic mass is 19.4. The third-order valence-corrected chi connectivity index (χ3v) is 6.17. The maximum Gasteiger partial charge on any atom is 0.490 e. The van der Waals surface area contributed by atoms with Gasteiger partial charge in [-0.2, -0.15) is 31.6 Å². The highest BCUT2D eigenvalue weighted by Gasteiger charge is 2.39. The molecule has 3 aromatic heterocycles. The lowest BCUT2D eigenvalue weighted by Crippen LogP contribution is -2.26. The number of anilines is 2. The van der Waals surface area contributed by atoms with E-state index in [1.54, 1.807) is 12.4 Å². The van der Waals surface area contributed by atoms with Crippen molar-refractivity contribution in [2.24, 2.45) is 0 Å². The van der Waals surface area contributed by atoms with Crippen molar-refractivity contribution in [1.29, 1.82) is 5.26 Å². The molecule has 0 saturated heterocycles. The fourth-order valence-electron chi connectivity index (χ4n) is 3.89. The van der Waals surface area contributed by atoms with Crippen LogP contribution in [0.3, 0.4) is 0 Å². The molecular formula is C25H24F6N6O4. The normalized spacial score (nSPS) is 11.9. The number of alkyl halides is 6. The Labute approximate surface area is 229 Å². The Morgan fingerprint density at radius 1 is 0.976 bits per heavy atom. The van der Waals surface area contributed by atoms with Gasteiger partial charge in [0.1, 0.15) is 17.3 Å². The van der Waals surface area contributed by atoms with E-state index in [0.29, 0.717) is 6.42 Å². The maximum atomic E-state index is 10.6. The number of aliphatic carboxylic acids is 2. The minimum atomic E-state index is -5.08. The van der Waals surface area contributed by atoms with Crippen LogP contribution < -0.4 is 5.32 Å². The smallest absolute Gasteiger partial charge is 0.475 e. The molecule has 3 aromatic rings. The van der Waals surface area contributed by atoms with E-state index in [4.69, 9.17) is 30.0 Å². The number of rotatable bonds is 5. The second-order valence-corrected chi connectivity index (χ2v) is 8.51. The Kier molecular flexibility index (Phi) is 10.4. The summed E-state index contributed by atoms with van der Waals surface area (Å²) >= 11 is 0. The Morgan fingerprint density at radius 2 is 1.56 bits per heavy atom. The first-order valence-corrected chi connectivity index (χ1v) is 11.9. The molecule has 41 heavy (non-hydrogen) atoms. The lowest BCUT2D eigenvalue weighted by Gasteiger charge is -2.28. The molecule has 220 valence electrons. The summed E-state index contributed by atoms with van der Waals surface area (Å²) in [5.41, 5.74) is 4.60. The van der Waals surface area contributed by atoms with Crippen LogP contribution in [0, 0.1) is 11.3 Å². The van der Waals surface area contributed by atoms with E-state index in [1.165, 1.54) is 0 Å². The molecule has 1 aliphatic heterocycles. The van der Waals surface area contributed by atoms with E-state index in [-0.39, 0.29) is 5.41 Å². The average Bonchev–Trinajstić information content (AvgIpc) is 3.30. The van der Waals surface area contributed by atoms with Crippen LogP contribution in [0.15, 0.2) is 36.8 Å². The van der Waals surface area contributed by atoms with Gasteiger partial charge in [-0.3, -0.25) is 4.98 Å². The zero-order chi connectivity index (χ0) is 31.0. The molecule has 0 saturated carbocycles. The Bertz CT molecular complexity index is 1320. The van der Waals surface area contributed by atoms with Gasteiger partial charge in [-0.25, -0.2) is 19.6 Å². The Hall–Kier alpha value is -4.68. The number of fused-ring (bicyclic) bond motifs is 5. The number of nitriles is 1. The van der Waals surface area contributed by atoms with Gasteiger partial charge < -0.3 is 20.5 Å². The zero-order valence-electron chi connectivity index (χ0n) is 21.6. The molecule has 0 amide bonds. The number of hydrogen-bond donors (Lipinski definition) is 4. The van der Waals surface area contributed by atoms with E-state index in [0.717, 1.165) is 59.1 Å². The number of halogens is 6. The fourth-order valence-corrected chi connectivity index (χ4v) is 3.89. The van der Waals surface area contributed by atoms with Gasteiger partial charge in [0.2, 0.25) is 0 Å². The van der Waals surface area contributed by atoms with Gasteiger partial charge in [-0.15, -0.1) is 0 Å². The van der Waals surface area contributed by atoms with E-state index in [1.807, 2.05) is 24.4 Å². The molecule has 4 N–H and O–H groups in total. The summed E-state index contributed by atoms with van der Waals surface area (Å²) in [6, 6.07) is 8.20. The minimum absolute atomic E-state index is 0.139. The van der Waals surface area contributed by atoms with Crippen LogP contribution in [-0.4, -0.2) is 54.4 Å². The number of carbonyl (C=O) groups is 2. The molecule has 0 bridgehead atoms. The van der Waals surface area contributed by atoms with Crippen molar-refractivity contribution in [3.63, 3.8) is 0 Å². The predicted molar refractivity (Wildman–Crippen MR) is 133 cm³/mol. The number of hydrogen-bond acceptors (Lipinski definition) is 7. The Morgan fingerprint density at radius 3 is 2.07 bits per heavy atom. The SMILES string of the molecule is CCC(CC)(CCC#N)c1nc2c([nH]1)-c1cnccc1Nc1ncccc1-2.O=C(O)C(F)(F)F.O=C(O)C(F)(F)F. The molecule has 0 aliphatic carbocycles. The summed E-state index contributed by atoms with van der Waals surface area (Å²) in [6.45, 7) is 4.34. The molecule has 10 nitrogen and oxygen atoms in total. The molecular weight excluding hydrogens is 562 g/mol. The van der Waals surface area contributed by atoms with Crippen LogP contribution in [0.1, 0.15) is 45.4 Å². The van der Waals surface area contributed by atoms with Crippen molar-refractivity contribution in [3.05, 3.63) is 42.6 Å². The maximum absolute atomic E-state index is 10.6. The number of nitrogens with zero attached hydrogens (tertiary/aromatic N) is 4. The molecule has 0 radical (unpaired) electrons. The molecule has 0 unspecified atom stereocenters. The lowest BCUT2D eigenvalue weighted by molar-refractivity contribution is -0.193. The number of aromatic amines is 1. The summed E-state index contributed by atoms with van der Waals surface area (Å²) in [5, 5.41) is 26.8. The van der Waals surface area contributed by atoms with E-state index >= 15 is 0 Å². The van der Waals surface area contributed by atoms with Crippen LogP contribution in [-0.2, 0) is 15.0 Å². The molecule has 4 rings (SSSR count). The van der Waals surface area contributed by atoms with Gasteiger partial charge in [0, 0.05) is 41.6 Å². The largest absolute Gasteiger partial charge is 0.490 e. The van der Waals surface area contributed by atoms with Gasteiger partial charge in [-0.1, -0.05) is 13.8 Å². The topological polar surface area (TPSA) is 165 Å². The number of pyridine rings is 2. The fraction of sp³-hybridized carbons (Fsp3) is 0.360. The first-order valence-electron chi connectivity index (χ1n) is 11.9. The minimum Gasteiger partial charge on any atom is -0.475 e. The van der Waals surface area contributed by atoms with Crippen LogP contribution >= 0.6 is 0 Å². The van der Waals surface area contributed by atoms with Crippen molar-refractivity contribution >= 4 is 23.4 Å². The predicted octanol–water partition coefficient (Wildman–Crippen LogP) is 6.22. The first kappa shape index (κ1) is 32.5. The number of imidazole rings is 1. The lowest BCUT2D eigenvalue weighted by atomic mass is 9.77. The second kappa shape index (κ2) is 13.1. The third kappa shape index (κ3) is 7.93. The standard InChI is InChI=1S/C21H22N6.2C2HF3O2/c1-3-21(4-2,9-6-10-22)20-26-17-14-7-5-11-24-19(14)25-16-8-12-23-13-15(16)18(17)27-20;2*3-2(4,5)1(6)7/h5,7-8,11-13H,3-4,6,9H2,1-2H3,(H,24,25)(H,26,27);2*(H,6,7). The van der Waals surface area contributed by atoms with Crippen LogP contribution in [0.5, 0.6) is 0 Å². The highest BCUT2D eigenvalue weighted by Crippen LogP contribution is 2.44. The average molecular weight is 586 g/mol.